The van der Waals surface area contributed by atoms with Crippen LogP contribution < -0.4 is 4.90 Å². The molecular formula is C64H47NS. The first kappa shape index (κ1) is 37.2. The number of rotatable bonds is 7. The third kappa shape index (κ3) is 4.90. The summed E-state index contributed by atoms with van der Waals surface area (Å²) >= 11 is 1.88. The van der Waals surface area contributed by atoms with Crippen molar-refractivity contribution in [2.45, 2.75) is 31.1 Å². The zero-order chi connectivity index (χ0) is 43.1. The van der Waals surface area contributed by atoms with Crippen LogP contribution in [0.3, 0.4) is 0 Å². The lowest BCUT2D eigenvalue weighted by atomic mass is 9.27. The van der Waals surface area contributed by atoms with Crippen molar-refractivity contribution in [2.75, 3.05) is 4.90 Å². The SMILES string of the molecule is c1ccc(-c2ccc(N(c3ccc4c(c3)sc3ccccc34)c3ccc(-c4ccc5c(c4)-c4ccccc4C54C5CC6CC7CC4C75C6)c(-c4ccccc4)c3-c3ccccc3)cc2)cc1. The van der Waals surface area contributed by atoms with E-state index in [4.69, 9.17) is 0 Å². The Morgan fingerprint density at radius 2 is 1.03 bits per heavy atom. The van der Waals surface area contributed by atoms with E-state index in [9.17, 15) is 0 Å². The molecule has 1 aromatic heterocycles. The molecular weight excluding hydrogens is 815 g/mol. The monoisotopic (exact) mass is 861 g/mol. The number of hydrogen-bond acceptors (Lipinski definition) is 2. The maximum Gasteiger partial charge on any atom is 0.0546 e. The van der Waals surface area contributed by atoms with E-state index < -0.39 is 0 Å². The predicted octanol–water partition coefficient (Wildman–Crippen LogP) is 17.5. The van der Waals surface area contributed by atoms with E-state index in [0.29, 0.717) is 5.41 Å². The van der Waals surface area contributed by atoms with E-state index in [2.05, 4.69) is 217 Å². The van der Waals surface area contributed by atoms with Crippen LogP contribution in [-0.2, 0) is 5.41 Å². The van der Waals surface area contributed by atoms with Gasteiger partial charge in [-0.25, -0.2) is 0 Å². The largest absolute Gasteiger partial charge is 0.310 e. The number of thiophene rings is 1. The van der Waals surface area contributed by atoms with Gasteiger partial charge in [-0.1, -0.05) is 170 Å². The molecule has 5 aliphatic carbocycles. The van der Waals surface area contributed by atoms with Crippen LogP contribution in [0, 0.1) is 29.1 Å². The van der Waals surface area contributed by atoms with E-state index in [1.807, 2.05) is 11.3 Å². The summed E-state index contributed by atoms with van der Waals surface area (Å²) in [6, 6.07) is 80.1. The average molecular weight is 862 g/mol. The highest BCUT2D eigenvalue weighted by Gasteiger charge is 2.84. The Morgan fingerprint density at radius 3 is 1.82 bits per heavy atom. The summed E-state index contributed by atoms with van der Waals surface area (Å²) in [5.74, 6) is 3.51. The van der Waals surface area contributed by atoms with Gasteiger partial charge in [-0.3, -0.25) is 0 Å². The highest BCUT2D eigenvalue weighted by atomic mass is 32.1. The Bertz CT molecular complexity index is 3570. The molecule has 5 aliphatic rings. The second kappa shape index (κ2) is 13.8. The third-order valence-corrected chi connectivity index (χ3v) is 18.5. The topological polar surface area (TPSA) is 3.24 Å². The summed E-state index contributed by atoms with van der Waals surface area (Å²) in [6.45, 7) is 0. The Hall–Kier alpha value is -7.00. The molecule has 4 saturated carbocycles. The van der Waals surface area contributed by atoms with Gasteiger partial charge in [-0.2, -0.15) is 0 Å². The van der Waals surface area contributed by atoms with Crippen LogP contribution in [0.15, 0.2) is 212 Å². The van der Waals surface area contributed by atoms with Crippen molar-refractivity contribution >= 4 is 48.6 Å². The first-order valence-electron chi connectivity index (χ1n) is 24.1. The molecule has 66 heavy (non-hydrogen) atoms. The van der Waals surface area contributed by atoms with Crippen molar-refractivity contribution in [1.29, 1.82) is 0 Å². The third-order valence-electron chi connectivity index (χ3n) is 17.3. The smallest absolute Gasteiger partial charge is 0.0546 e. The zero-order valence-corrected chi connectivity index (χ0v) is 37.5. The lowest BCUT2D eigenvalue weighted by molar-refractivity contribution is -0.231. The molecule has 2 heteroatoms. The minimum atomic E-state index is 0.184. The predicted molar refractivity (Wildman–Crippen MR) is 277 cm³/mol. The van der Waals surface area contributed by atoms with Gasteiger partial charge in [0.05, 0.1) is 5.69 Å². The molecule has 15 rings (SSSR count). The van der Waals surface area contributed by atoms with Crippen molar-refractivity contribution in [3.05, 3.63) is 223 Å². The first-order chi connectivity index (χ1) is 32.7. The van der Waals surface area contributed by atoms with Crippen LogP contribution in [0.5, 0.6) is 0 Å². The van der Waals surface area contributed by atoms with Gasteiger partial charge in [0.2, 0.25) is 0 Å². The molecule has 1 heterocycles. The van der Waals surface area contributed by atoms with Crippen molar-refractivity contribution < 1.29 is 0 Å². The fourth-order valence-corrected chi connectivity index (χ4v) is 16.2. The Kier molecular flexibility index (Phi) is 7.77. The van der Waals surface area contributed by atoms with Crippen molar-refractivity contribution in [2.24, 2.45) is 29.1 Å². The van der Waals surface area contributed by atoms with Crippen LogP contribution in [0.4, 0.5) is 17.1 Å². The van der Waals surface area contributed by atoms with Gasteiger partial charge in [0.1, 0.15) is 0 Å². The number of nitrogens with zero attached hydrogens (tertiary/aromatic N) is 1. The molecule has 4 fully saturated rings. The second-order valence-electron chi connectivity index (χ2n) is 20.0. The summed E-state index contributed by atoms with van der Waals surface area (Å²) in [6.07, 6.45) is 5.83. The van der Waals surface area contributed by atoms with Gasteiger partial charge in [0, 0.05) is 42.5 Å². The van der Waals surface area contributed by atoms with E-state index >= 15 is 0 Å². The highest BCUT2D eigenvalue weighted by Crippen LogP contribution is 2.89. The molecule has 6 atom stereocenters. The molecule has 6 unspecified atom stereocenters. The summed E-state index contributed by atoms with van der Waals surface area (Å²) in [4.78, 5) is 2.51. The van der Waals surface area contributed by atoms with E-state index in [0.717, 1.165) is 40.7 Å². The fraction of sp³-hybridized carbons (Fsp3) is 0.156. The maximum absolute atomic E-state index is 2.59. The minimum absolute atomic E-state index is 0.184. The van der Waals surface area contributed by atoms with Crippen LogP contribution in [-0.4, -0.2) is 0 Å². The van der Waals surface area contributed by atoms with E-state index in [-0.39, 0.29) is 5.41 Å². The Labute approximate surface area is 390 Å². The number of fused-ring (bicyclic) bond motifs is 11. The summed E-state index contributed by atoms with van der Waals surface area (Å²) < 4.78 is 2.60. The van der Waals surface area contributed by atoms with Gasteiger partial charge < -0.3 is 4.90 Å². The van der Waals surface area contributed by atoms with E-state index in [1.54, 1.807) is 11.1 Å². The Balaban J connectivity index is 0.963. The molecule has 0 saturated heterocycles. The van der Waals surface area contributed by atoms with Gasteiger partial charge in [0.15, 0.2) is 0 Å². The fourth-order valence-electron chi connectivity index (χ4n) is 15.0. The lowest BCUT2D eigenvalue weighted by Crippen LogP contribution is -2.73. The molecule has 2 bridgehead atoms. The molecule has 314 valence electrons. The molecule has 0 N–H and O–H groups in total. The number of anilines is 3. The van der Waals surface area contributed by atoms with Gasteiger partial charge in [-0.05, 0) is 158 Å². The van der Waals surface area contributed by atoms with Crippen molar-refractivity contribution in [3.63, 3.8) is 0 Å². The van der Waals surface area contributed by atoms with E-state index in [1.165, 1.54) is 101 Å². The first-order valence-corrected chi connectivity index (χ1v) is 24.9. The maximum atomic E-state index is 2.59. The van der Waals surface area contributed by atoms with Gasteiger partial charge >= 0.3 is 0 Å². The Morgan fingerprint density at radius 1 is 0.409 bits per heavy atom. The zero-order valence-electron chi connectivity index (χ0n) is 36.7. The summed E-state index contributed by atoms with van der Waals surface area (Å²) in [5, 5.41) is 2.62. The molecule has 10 aromatic rings. The number of hydrogen-bond donors (Lipinski definition) is 0. The molecule has 2 spiro atoms. The van der Waals surface area contributed by atoms with Crippen LogP contribution in [0.25, 0.3) is 75.8 Å². The van der Waals surface area contributed by atoms with Crippen molar-refractivity contribution in [3.8, 4) is 55.6 Å². The molecule has 9 aromatic carbocycles. The lowest BCUT2D eigenvalue weighted by Gasteiger charge is -2.76. The normalized spacial score (nSPS) is 23.6. The molecule has 0 radical (unpaired) electrons. The van der Waals surface area contributed by atoms with Crippen LogP contribution in [0.2, 0.25) is 0 Å². The highest BCUT2D eigenvalue weighted by molar-refractivity contribution is 7.25. The van der Waals surface area contributed by atoms with Gasteiger partial charge in [0.25, 0.3) is 0 Å². The second-order valence-corrected chi connectivity index (χ2v) is 21.1. The quantitative estimate of drug-likeness (QED) is 0.154. The standard InChI is InChI=1S/C64H47NS/c1-4-14-41(15-5-1)42-24-27-47(28-25-42)65(48-29-30-52-51-21-11-13-23-57(51)66-58(52)38-48)56-33-31-49(61(43-16-6-2-7-17-43)62(56)44-18-8-3-9-19-44)45-26-32-55-53(36-45)50-20-10-12-22-54(50)64(55)59-35-40-34-46-37-60(64)63(46,59)39-40/h1-33,36,38,40,46,59-60H,34-35,37,39H2. The minimum Gasteiger partial charge on any atom is -0.310 e. The van der Waals surface area contributed by atoms with Crippen LogP contribution >= 0.6 is 11.3 Å². The molecule has 1 nitrogen and oxygen atoms in total. The molecule has 0 amide bonds. The molecule has 0 aliphatic heterocycles. The summed E-state index contributed by atoms with van der Waals surface area (Å²) in [5.41, 5.74) is 20.2. The van der Waals surface area contributed by atoms with Crippen molar-refractivity contribution in [1.82, 2.24) is 0 Å². The van der Waals surface area contributed by atoms with Gasteiger partial charge in [-0.15, -0.1) is 11.3 Å². The van der Waals surface area contributed by atoms with Crippen LogP contribution in [0.1, 0.15) is 36.8 Å². The number of benzene rings is 9. The average Bonchev–Trinajstić information content (AvgIpc) is 4.12. The summed E-state index contributed by atoms with van der Waals surface area (Å²) in [7, 11) is 0.